The monoisotopic (exact) mass is 363 g/mol. The summed E-state index contributed by atoms with van der Waals surface area (Å²) >= 11 is 1.63. The van der Waals surface area contributed by atoms with E-state index in [2.05, 4.69) is 20.5 Å². The number of amides is 1. The molecule has 6 nitrogen and oxygen atoms in total. The van der Waals surface area contributed by atoms with Crippen LogP contribution in [0.5, 0.6) is 0 Å². The number of hydrogen-bond donors (Lipinski definition) is 3. The van der Waals surface area contributed by atoms with Crippen molar-refractivity contribution in [1.29, 1.82) is 0 Å². The molecule has 4 rings (SSSR count). The van der Waals surface area contributed by atoms with Gasteiger partial charge < -0.3 is 11.1 Å². The third-order valence-electron chi connectivity index (χ3n) is 4.20. The molecule has 0 saturated heterocycles. The van der Waals surface area contributed by atoms with Gasteiger partial charge in [-0.3, -0.25) is 9.89 Å². The Labute approximate surface area is 154 Å². The molecular formula is C19H17N5OS. The van der Waals surface area contributed by atoms with E-state index in [1.807, 2.05) is 36.6 Å². The van der Waals surface area contributed by atoms with Crippen LogP contribution < -0.4 is 11.1 Å². The zero-order valence-electron chi connectivity index (χ0n) is 14.1. The number of aromatic nitrogens is 3. The molecule has 0 radical (unpaired) electrons. The number of carbonyl (C=O) groups is 1. The van der Waals surface area contributed by atoms with Gasteiger partial charge in [-0.25, -0.2) is 4.98 Å². The summed E-state index contributed by atoms with van der Waals surface area (Å²) in [4.78, 5) is 18.1. The minimum Gasteiger partial charge on any atom is -0.324 e. The van der Waals surface area contributed by atoms with Crippen LogP contribution in [-0.4, -0.2) is 21.1 Å². The third-order valence-corrected chi connectivity index (χ3v) is 5.10. The van der Waals surface area contributed by atoms with Crippen LogP contribution in [0.3, 0.4) is 0 Å². The molecule has 4 N–H and O–H groups in total. The Bertz CT molecular complexity index is 1070. The van der Waals surface area contributed by atoms with Crippen LogP contribution >= 0.6 is 11.3 Å². The zero-order valence-corrected chi connectivity index (χ0v) is 14.9. The number of nitrogens with zero attached hydrogens (tertiary/aromatic N) is 2. The summed E-state index contributed by atoms with van der Waals surface area (Å²) in [6.07, 6.45) is 3.28. The number of benzene rings is 1. The number of nitrogens with two attached hydrogens (primary N) is 1. The number of rotatable bonds is 4. The standard InChI is InChI=1S/C19H17N5OS/c1-11(20)13-5-4-12(9-14(13)17-3-2-8-26-17)19(25)23-16-6-7-21-18-15(16)10-22-24-18/h2-11H,20H2,1H3,(H2,21,22,23,24,25). The average Bonchev–Trinajstić information content (AvgIpc) is 3.33. The van der Waals surface area contributed by atoms with Crippen molar-refractivity contribution in [2.24, 2.45) is 5.73 Å². The quantitative estimate of drug-likeness (QED) is 0.511. The molecule has 0 bridgehead atoms. The summed E-state index contributed by atoms with van der Waals surface area (Å²) in [6, 6.07) is 11.3. The number of hydrogen-bond acceptors (Lipinski definition) is 5. The van der Waals surface area contributed by atoms with Crippen molar-refractivity contribution in [1.82, 2.24) is 15.2 Å². The van der Waals surface area contributed by atoms with E-state index in [9.17, 15) is 4.79 Å². The highest BCUT2D eigenvalue weighted by Gasteiger charge is 2.15. The molecule has 0 fully saturated rings. The van der Waals surface area contributed by atoms with Gasteiger partial charge in [0.15, 0.2) is 5.65 Å². The molecule has 1 atom stereocenters. The molecule has 26 heavy (non-hydrogen) atoms. The maximum Gasteiger partial charge on any atom is 0.255 e. The largest absolute Gasteiger partial charge is 0.324 e. The molecular weight excluding hydrogens is 346 g/mol. The van der Waals surface area contributed by atoms with Crippen LogP contribution in [-0.2, 0) is 0 Å². The molecule has 0 aliphatic rings. The van der Waals surface area contributed by atoms with Gasteiger partial charge >= 0.3 is 0 Å². The summed E-state index contributed by atoms with van der Waals surface area (Å²) in [7, 11) is 0. The molecule has 0 saturated carbocycles. The highest BCUT2D eigenvalue weighted by molar-refractivity contribution is 7.13. The fraction of sp³-hybridized carbons (Fsp3) is 0.105. The summed E-state index contributed by atoms with van der Waals surface area (Å²) < 4.78 is 0. The Kier molecular flexibility index (Phi) is 4.24. The van der Waals surface area contributed by atoms with Crippen molar-refractivity contribution in [2.45, 2.75) is 13.0 Å². The van der Waals surface area contributed by atoms with E-state index in [0.29, 0.717) is 16.9 Å². The number of nitrogens with one attached hydrogen (secondary N) is 2. The van der Waals surface area contributed by atoms with Crippen LogP contribution in [0.25, 0.3) is 21.5 Å². The molecule has 130 valence electrons. The van der Waals surface area contributed by atoms with Crippen molar-refractivity contribution >= 4 is 34.0 Å². The van der Waals surface area contributed by atoms with E-state index < -0.39 is 0 Å². The van der Waals surface area contributed by atoms with E-state index >= 15 is 0 Å². The van der Waals surface area contributed by atoms with E-state index in [-0.39, 0.29) is 11.9 Å². The maximum absolute atomic E-state index is 12.8. The Morgan fingerprint density at radius 3 is 2.96 bits per heavy atom. The maximum atomic E-state index is 12.8. The van der Waals surface area contributed by atoms with Crippen LogP contribution in [0.4, 0.5) is 5.69 Å². The lowest BCUT2D eigenvalue weighted by molar-refractivity contribution is 0.102. The Balaban J connectivity index is 1.70. The first-order valence-electron chi connectivity index (χ1n) is 8.16. The van der Waals surface area contributed by atoms with Crippen LogP contribution in [0.1, 0.15) is 28.9 Å². The third kappa shape index (κ3) is 2.98. The van der Waals surface area contributed by atoms with Gasteiger partial charge in [-0.2, -0.15) is 5.10 Å². The molecule has 0 spiro atoms. The summed E-state index contributed by atoms with van der Waals surface area (Å²) in [5.41, 5.74) is 10.00. The first kappa shape index (κ1) is 16.4. The van der Waals surface area contributed by atoms with E-state index in [1.165, 1.54) is 0 Å². The number of thiophene rings is 1. The first-order chi connectivity index (χ1) is 12.6. The van der Waals surface area contributed by atoms with Gasteiger partial charge in [-0.1, -0.05) is 12.1 Å². The predicted molar refractivity (Wildman–Crippen MR) is 104 cm³/mol. The highest BCUT2D eigenvalue weighted by Crippen LogP contribution is 2.32. The number of aromatic amines is 1. The average molecular weight is 363 g/mol. The second-order valence-corrected chi connectivity index (χ2v) is 6.96. The first-order valence-corrected chi connectivity index (χ1v) is 9.04. The van der Waals surface area contributed by atoms with E-state index in [4.69, 9.17) is 5.73 Å². The Morgan fingerprint density at radius 1 is 1.31 bits per heavy atom. The molecule has 1 amide bonds. The number of carbonyl (C=O) groups excluding carboxylic acids is 1. The number of H-pyrrole nitrogens is 1. The zero-order chi connectivity index (χ0) is 18.1. The van der Waals surface area contributed by atoms with Crippen molar-refractivity contribution in [3.63, 3.8) is 0 Å². The second kappa shape index (κ2) is 6.70. The number of anilines is 1. The van der Waals surface area contributed by atoms with Gasteiger partial charge in [0.1, 0.15) is 0 Å². The van der Waals surface area contributed by atoms with Gasteiger partial charge in [0.25, 0.3) is 5.91 Å². The lowest BCUT2D eigenvalue weighted by Gasteiger charge is -2.14. The number of pyridine rings is 1. The summed E-state index contributed by atoms with van der Waals surface area (Å²) in [5, 5.41) is 12.5. The van der Waals surface area contributed by atoms with Crippen molar-refractivity contribution in [3.05, 3.63) is 65.3 Å². The van der Waals surface area contributed by atoms with Gasteiger partial charge in [-0.05, 0) is 47.7 Å². The van der Waals surface area contributed by atoms with Crippen molar-refractivity contribution in [2.75, 3.05) is 5.32 Å². The molecule has 7 heteroatoms. The molecule has 0 aliphatic carbocycles. The van der Waals surface area contributed by atoms with Crippen molar-refractivity contribution in [3.8, 4) is 10.4 Å². The Hall–Kier alpha value is -3.03. The molecule has 3 heterocycles. The highest BCUT2D eigenvalue weighted by atomic mass is 32.1. The molecule has 4 aromatic rings. The second-order valence-electron chi connectivity index (χ2n) is 6.01. The fourth-order valence-corrected chi connectivity index (χ4v) is 3.66. The van der Waals surface area contributed by atoms with Gasteiger partial charge in [0, 0.05) is 22.7 Å². The van der Waals surface area contributed by atoms with Crippen molar-refractivity contribution < 1.29 is 4.79 Å². The van der Waals surface area contributed by atoms with E-state index in [1.54, 1.807) is 35.9 Å². The van der Waals surface area contributed by atoms with Gasteiger partial charge in [-0.15, -0.1) is 11.3 Å². The lowest BCUT2D eigenvalue weighted by atomic mass is 9.98. The molecule has 0 aliphatic heterocycles. The molecule has 1 aromatic carbocycles. The summed E-state index contributed by atoms with van der Waals surface area (Å²) in [6.45, 7) is 1.94. The molecule has 3 aromatic heterocycles. The smallest absolute Gasteiger partial charge is 0.255 e. The predicted octanol–water partition coefficient (Wildman–Crippen LogP) is 3.96. The minimum atomic E-state index is -0.187. The van der Waals surface area contributed by atoms with Crippen LogP contribution in [0, 0.1) is 0 Å². The fourth-order valence-electron chi connectivity index (χ4n) is 2.89. The lowest BCUT2D eigenvalue weighted by Crippen LogP contribution is -2.13. The topological polar surface area (TPSA) is 96.7 Å². The summed E-state index contributed by atoms with van der Waals surface area (Å²) in [5.74, 6) is -0.187. The Morgan fingerprint density at radius 2 is 2.19 bits per heavy atom. The SMILES string of the molecule is CC(N)c1ccc(C(=O)Nc2ccnc3[nH]ncc23)cc1-c1cccs1. The van der Waals surface area contributed by atoms with Gasteiger partial charge in [0.2, 0.25) is 0 Å². The van der Waals surface area contributed by atoms with E-state index in [0.717, 1.165) is 21.4 Å². The normalized spacial score (nSPS) is 12.2. The molecule has 1 unspecified atom stereocenters. The minimum absolute atomic E-state index is 0.116. The van der Waals surface area contributed by atoms with Crippen LogP contribution in [0.2, 0.25) is 0 Å². The van der Waals surface area contributed by atoms with Crippen LogP contribution in [0.15, 0.2) is 54.2 Å². The number of fused-ring (bicyclic) bond motifs is 1. The van der Waals surface area contributed by atoms with Gasteiger partial charge in [0.05, 0.1) is 17.3 Å².